The quantitative estimate of drug-likeness (QED) is 0.770. The molecule has 0 radical (unpaired) electrons. The van der Waals surface area contributed by atoms with Gasteiger partial charge in [0.25, 0.3) is 5.91 Å². The van der Waals surface area contributed by atoms with Gasteiger partial charge in [0.15, 0.2) is 0 Å². The minimum absolute atomic E-state index is 0.0280. The largest absolute Gasteiger partial charge is 0.341 e. The highest BCUT2D eigenvalue weighted by molar-refractivity contribution is 5.94. The molecule has 126 valence electrons. The van der Waals surface area contributed by atoms with Crippen molar-refractivity contribution in [1.29, 1.82) is 0 Å². The van der Waals surface area contributed by atoms with Crippen molar-refractivity contribution in [3.05, 3.63) is 101 Å². The first kappa shape index (κ1) is 16.8. The van der Waals surface area contributed by atoms with E-state index in [1.54, 1.807) is 24.5 Å². The lowest BCUT2D eigenvalue weighted by Crippen LogP contribution is -2.30. The van der Waals surface area contributed by atoms with Crippen LogP contribution >= 0.6 is 0 Å². The molecule has 0 aliphatic carbocycles. The predicted octanol–water partition coefficient (Wildman–Crippen LogP) is 4.36. The number of rotatable bonds is 4. The monoisotopic (exact) mass is 334 g/mol. The van der Waals surface area contributed by atoms with Crippen LogP contribution in [0, 0.1) is 19.7 Å². The summed E-state index contributed by atoms with van der Waals surface area (Å²) < 4.78 is 13.9. The predicted molar refractivity (Wildman–Crippen MR) is 95.9 cm³/mol. The van der Waals surface area contributed by atoms with E-state index in [1.807, 2.05) is 44.2 Å². The number of benzene rings is 2. The van der Waals surface area contributed by atoms with Gasteiger partial charge >= 0.3 is 0 Å². The summed E-state index contributed by atoms with van der Waals surface area (Å²) in [5.41, 5.74) is 4.11. The molecule has 4 heteroatoms. The summed E-state index contributed by atoms with van der Waals surface area (Å²) in [5, 5.41) is 2.93. The van der Waals surface area contributed by atoms with E-state index in [0.29, 0.717) is 0 Å². The minimum atomic E-state index is -0.537. The molecule has 3 nitrogen and oxygen atoms in total. The Balaban J connectivity index is 1.99. The first-order valence-electron chi connectivity index (χ1n) is 8.08. The molecule has 2 aromatic carbocycles. The molecular weight excluding hydrogens is 315 g/mol. The minimum Gasteiger partial charge on any atom is -0.341 e. The van der Waals surface area contributed by atoms with E-state index in [0.717, 1.165) is 16.7 Å². The van der Waals surface area contributed by atoms with Crippen LogP contribution in [-0.2, 0) is 0 Å². The molecule has 0 aliphatic rings. The highest BCUT2D eigenvalue weighted by Crippen LogP contribution is 2.24. The first-order valence-corrected chi connectivity index (χ1v) is 8.08. The maximum atomic E-state index is 13.9. The zero-order valence-electron chi connectivity index (χ0n) is 14.2. The summed E-state index contributed by atoms with van der Waals surface area (Å²) in [6, 6.07) is 15.3. The van der Waals surface area contributed by atoms with Crippen molar-refractivity contribution in [2.45, 2.75) is 19.9 Å². The third-order valence-electron chi connectivity index (χ3n) is 4.28. The second-order valence-electron chi connectivity index (χ2n) is 6.02. The van der Waals surface area contributed by atoms with Crippen LogP contribution in [0.4, 0.5) is 4.39 Å². The number of hydrogen-bond acceptors (Lipinski definition) is 2. The van der Waals surface area contributed by atoms with E-state index in [4.69, 9.17) is 0 Å². The van der Waals surface area contributed by atoms with Gasteiger partial charge in [-0.05, 0) is 54.3 Å². The van der Waals surface area contributed by atoms with Crippen LogP contribution in [0.15, 0.2) is 67.0 Å². The highest BCUT2D eigenvalue weighted by atomic mass is 19.1. The fourth-order valence-electron chi connectivity index (χ4n) is 2.70. The van der Waals surface area contributed by atoms with Crippen molar-refractivity contribution in [2.24, 2.45) is 0 Å². The smallest absolute Gasteiger partial charge is 0.255 e. The van der Waals surface area contributed by atoms with Crippen molar-refractivity contribution in [2.75, 3.05) is 0 Å². The molecule has 0 saturated carbocycles. The Morgan fingerprint density at radius 3 is 2.48 bits per heavy atom. The molecule has 0 unspecified atom stereocenters. The van der Waals surface area contributed by atoms with Crippen LogP contribution < -0.4 is 5.32 Å². The molecular formula is C21H19FN2O. The topological polar surface area (TPSA) is 42.0 Å². The molecule has 0 saturated heterocycles. The van der Waals surface area contributed by atoms with Gasteiger partial charge in [0.05, 0.1) is 11.6 Å². The van der Waals surface area contributed by atoms with Gasteiger partial charge in [0.1, 0.15) is 5.82 Å². The van der Waals surface area contributed by atoms with E-state index >= 15 is 0 Å². The lowest BCUT2D eigenvalue weighted by atomic mass is 9.96. The number of hydrogen-bond donors (Lipinski definition) is 1. The third-order valence-corrected chi connectivity index (χ3v) is 4.28. The lowest BCUT2D eigenvalue weighted by Gasteiger charge is -2.20. The van der Waals surface area contributed by atoms with Crippen molar-refractivity contribution in [3.8, 4) is 0 Å². The standard InChI is InChI=1S/C21H19FN2O/c1-14-9-10-16(12-15(14)2)20(17-6-5-11-23-13-17)24-21(25)18-7-3-4-8-19(18)22/h3-13,20H,1-2H3,(H,24,25)/t20-/m0/s1. The van der Waals surface area contributed by atoms with Crippen LogP contribution in [0.2, 0.25) is 0 Å². The number of pyridine rings is 1. The van der Waals surface area contributed by atoms with Crippen LogP contribution in [-0.4, -0.2) is 10.9 Å². The van der Waals surface area contributed by atoms with E-state index < -0.39 is 17.8 Å². The Kier molecular flexibility index (Phi) is 4.89. The van der Waals surface area contributed by atoms with Gasteiger partial charge in [-0.3, -0.25) is 9.78 Å². The Bertz CT molecular complexity index is 893. The first-order chi connectivity index (χ1) is 12.1. The summed E-state index contributed by atoms with van der Waals surface area (Å²) in [4.78, 5) is 16.7. The Hall–Kier alpha value is -3.01. The Morgan fingerprint density at radius 1 is 1.00 bits per heavy atom. The Morgan fingerprint density at radius 2 is 1.80 bits per heavy atom. The van der Waals surface area contributed by atoms with Gasteiger partial charge in [-0.15, -0.1) is 0 Å². The van der Waals surface area contributed by atoms with Crippen molar-refractivity contribution in [3.63, 3.8) is 0 Å². The third kappa shape index (κ3) is 3.74. The van der Waals surface area contributed by atoms with Gasteiger partial charge < -0.3 is 5.32 Å². The maximum Gasteiger partial charge on any atom is 0.255 e. The van der Waals surface area contributed by atoms with Crippen molar-refractivity contribution in [1.82, 2.24) is 10.3 Å². The molecule has 1 atom stereocenters. The fourth-order valence-corrected chi connectivity index (χ4v) is 2.70. The summed E-state index contributed by atoms with van der Waals surface area (Å²) in [7, 11) is 0. The molecule has 25 heavy (non-hydrogen) atoms. The van der Waals surface area contributed by atoms with Gasteiger partial charge in [-0.25, -0.2) is 4.39 Å². The summed E-state index contributed by atoms with van der Waals surface area (Å²) in [6.45, 7) is 4.06. The number of carbonyl (C=O) groups excluding carboxylic acids is 1. The molecule has 0 fully saturated rings. The fraction of sp³-hybridized carbons (Fsp3) is 0.143. The van der Waals surface area contributed by atoms with E-state index in [-0.39, 0.29) is 5.56 Å². The molecule has 0 bridgehead atoms. The summed E-state index contributed by atoms with van der Waals surface area (Å²) in [5.74, 6) is -0.991. The number of aromatic nitrogens is 1. The van der Waals surface area contributed by atoms with Crippen LogP contribution in [0.5, 0.6) is 0 Å². The number of aryl methyl sites for hydroxylation is 2. The second-order valence-corrected chi connectivity index (χ2v) is 6.02. The molecule has 0 aliphatic heterocycles. The molecule has 3 aromatic rings. The molecule has 1 heterocycles. The second kappa shape index (κ2) is 7.26. The number of amides is 1. The van der Waals surface area contributed by atoms with E-state index in [2.05, 4.69) is 10.3 Å². The maximum absolute atomic E-state index is 13.9. The van der Waals surface area contributed by atoms with Crippen LogP contribution in [0.1, 0.15) is 38.7 Å². The number of nitrogens with one attached hydrogen (secondary N) is 1. The van der Waals surface area contributed by atoms with Gasteiger partial charge in [-0.2, -0.15) is 0 Å². The van der Waals surface area contributed by atoms with Crippen LogP contribution in [0.25, 0.3) is 0 Å². The average Bonchev–Trinajstić information content (AvgIpc) is 2.63. The number of nitrogens with zero attached hydrogens (tertiary/aromatic N) is 1. The number of halogens is 1. The molecule has 0 spiro atoms. The van der Waals surface area contributed by atoms with E-state index in [9.17, 15) is 9.18 Å². The average molecular weight is 334 g/mol. The zero-order chi connectivity index (χ0) is 17.8. The molecule has 1 aromatic heterocycles. The molecule has 3 rings (SSSR count). The van der Waals surface area contributed by atoms with Crippen molar-refractivity contribution >= 4 is 5.91 Å². The number of carbonyl (C=O) groups is 1. The zero-order valence-corrected chi connectivity index (χ0v) is 14.2. The molecule has 1 amide bonds. The van der Waals surface area contributed by atoms with Crippen LogP contribution in [0.3, 0.4) is 0 Å². The highest BCUT2D eigenvalue weighted by Gasteiger charge is 2.20. The Labute approximate surface area is 146 Å². The SMILES string of the molecule is Cc1ccc([C@H](NC(=O)c2ccccc2F)c2cccnc2)cc1C. The summed E-state index contributed by atoms with van der Waals surface area (Å²) >= 11 is 0. The molecule has 1 N–H and O–H groups in total. The van der Waals surface area contributed by atoms with Crippen molar-refractivity contribution < 1.29 is 9.18 Å². The van der Waals surface area contributed by atoms with Gasteiger partial charge in [-0.1, -0.05) is 36.4 Å². The normalized spacial score (nSPS) is 11.8. The summed E-state index contributed by atoms with van der Waals surface area (Å²) in [6.07, 6.45) is 3.39. The van der Waals surface area contributed by atoms with E-state index in [1.165, 1.54) is 17.7 Å². The van der Waals surface area contributed by atoms with Gasteiger partial charge in [0.2, 0.25) is 0 Å². The van der Waals surface area contributed by atoms with Gasteiger partial charge in [0, 0.05) is 12.4 Å². The lowest BCUT2D eigenvalue weighted by molar-refractivity contribution is 0.0939.